The Labute approximate surface area is 79.1 Å². The summed E-state index contributed by atoms with van der Waals surface area (Å²) in [5, 5.41) is 3.43. The predicted octanol–water partition coefficient (Wildman–Crippen LogP) is 1.91. The zero-order valence-corrected chi connectivity index (χ0v) is 8.40. The van der Waals surface area contributed by atoms with Crippen molar-refractivity contribution in [3.63, 3.8) is 0 Å². The van der Waals surface area contributed by atoms with Crippen LogP contribution in [0.2, 0.25) is 0 Å². The van der Waals surface area contributed by atoms with Gasteiger partial charge in [0.25, 0.3) is 0 Å². The molecule has 11 heavy (non-hydrogen) atoms. The summed E-state index contributed by atoms with van der Waals surface area (Å²) in [6.07, 6.45) is 4.35. The van der Waals surface area contributed by atoms with E-state index >= 15 is 0 Å². The van der Waals surface area contributed by atoms with Gasteiger partial charge in [-0.25, -0.2) is 0 Å². The second kappa shape index (κ2) is 4.01. The van der Waals surface area contributed by atoms with Crippen LogP contribution in [0.5, 0.6) is 0 Å². The molecule has 2 rings (SSSR count). The number of rotatable bonds is 0. The van der Waals surface area contributed by atoms with Gasteiger partial charge in [-0.15, -0.1) is 12.4 Å². The predicted molar refractivity (Wildman–Crippen MR) is 53.7 cm³/mol. The smallest absolute Gasteiger partial charge is 0.000955 e. The van der Waals surface area contributed by atoms with E-state index in [0.29, 0.717) is 0 Å². The molecule has 0 aromatic carbocycles. The summed E-state index contributed by atoms with van der Waals surface area (Å²) >= 11 is 2.15. The molecule has 0 bridgehead atoms. The summed E-state index contributed by atoms with van der Waals surface area (Å²) in [6.45, 7) is 2.53. The molecule has 0 aromatic heterocycles. The van der Waals surface area contributed by atoms with Gasteiger partial charge in [-0.05, 0) is 49.3 Å². The third-order valence-corrected chi connectivity index (χ3v) is 4.16. The Hall–Kier alpha value is 0.600. The lowest BCUT2D eigenvalue weighted by Crippen LogP contribution is -2.36. The maximum Gasteiger partial charge on any atom is -0.000955 e. The first-order valence-electron chi connectivity index (χ1n) is 4.20. The molecule has 66 valence electrons. The zero-order chi connectivity index (χ0) is 6.86. The summed E-state index contributed by atoms with van der Waals surface area (Å²) in [4.78, 5) is 0. The van der Waals surface area contributed by atoms with Crippen molar-refractivity contribution in [1.29, 1.82) is 0 Å². The molecular formula is C8H16ClNS. The van der Waals surface area contributed by atoms with Gasteiger partial charge in [-0.1, -0.05) is 0 Å². The summed E-state index contributed by atoms with van der Waals surface area (Å²) in [5.74, 6) is 2.86. The fourth-order valence-corrected chi connectivity index (χ4v) is 3.59. The molecule has 2 saturated heterocycles. The van der Waals surface area contributed by atoms with Gasteiger partial charge in [0, 0.05) is 0 Å². The standard InChI is InChI=1S/C8H15NS.ClH/c1-4-9-5-2-8(1)3-6-10-7-8;/h9H,1-7H2;1H. The molecule has 0 aromatic rings. The monoisotopic (exact) mass is 193 g/mol. The molecular weight excluding hydrogens is 178 g/mol. The van der Waals surface area contributed by atoms with E-state index in [1.807, 2.05) is 0 Å². The third kappa shape index (κ3) is 2.04. The Balaban J connectivity index is 0.000000605. The highest BCUT2D eigenvalue weighted by molar-refractivity contribution is 7.99. The Morgan fingerprint density at radius 2 is 1.82 bits per heavy atom. The first kappa shape index (κ1) is 9.69. The van der Waals surface area contributed by atoms with Crippen LogP contribution in [0.25, 0.3) is 0 Å². The van der Waals surface area contributed by atoms with Crippen molar-refractivity contribution in [2.75, 3.05) is 24.6 Å². The van der Waals surface area contributed by atoms with Gasteiger partial charge < -0.3 is 5.32 Å². The normalized spacial score (nSPS) is 28.4. The summed E-state index contributed by atoms with van der Waals surface area (Å²) < 4.78 is 0. The van der Waals surface area contributed by atoms with Gasteiger partial charge >= 0.3 is 0 Å². The van der Waals surface area contributed by atoms with E-state index in [1.54, 1.807) is 0 Å². The number of hydrogen-bond donors (Lipinski definition) is 1. The lowest BCUT2D eigenvalue weighted by atomic mass is 9.79. The molecule has 0 radical (unpaired) electrons. The third-order valence-electron chi connectivity index (χ3n) is 2.85. The minimum atomic E-state index is 0. The van der Waals surface area contributed by atoms with E-state index in [4.69, 9.17) is 0 Å². The van der Waals surface area contributed by atoms with Gasteiger partial charge in [0.2, 0.25) is 0 Å². The van der Waals surface area contributed by atoms with Crippen molar-refractivity contribution in [2.45, 2.75) is 19.3 Å². The Morgan fingerprint density at radius 1 is 1.09 bits per heavy atom. The Kier molecular flexibility index (Phi) is 3.53. The number of nitrogens with one attached hydrogen (secondary N) is 1. The second-order valence-electron chi connectivity index (χ2n) is 3.55. The number of halogens is 1. The molecule has 2 fully saturated rings. The molecule has 2 heterocycles. The van der Waals surface area contributed by atoms with Crippen LogP contribution in [0.1, 0.15) is 19.3 Å². The number of thioether (sulfide) groups is 1. The highest BCUT2D eigenvalue weighted by Gasteiger charge is 2.34. The van der Waals surface area contributed by atoms with E-state index in [2.05, 4.69) is 17.1 Å². The van der Waals surface area contributed by atoms with Crippen LogP contribution < -0.4 is 5.32 Å². The van der Waals surface area contributed by atoms with Crippen LogP contribution >= 0.6 is 24.2 Å². The van der Waals surface area contributed by atoms with Gasteiger partial charge in [-0.2, -0.15) is 11.8 Å². The second-order valence-corrected chi connectivity index (χ2v) is 4.66. The highest BCUT2D eigenvalue weighted by atomic mass is 35.5. The van der Waals surface area contributed by atoms with E-state index in [9.17, 15) is 0 Å². The van der Waals surface area contributed by atoms with Crippen LogP contribution in [-0.4, -0.2) is 24.6 Å². The summed E-state index contributed by atoms with van der Waals surface area (Å²) in [6, 6.07) is 0. The van der Waals surface area contributed by atoms with E-state index in [1.165, 1.54) is 43.9 Å². The fourth-order valence-electron chi connectivity index (χ4n) is 2.00. The van der Waals surface area contributed by atoms with Crippen molar-refractivity contribution < 1.29 is 0 Å². The first-order valence-corrected chi connectivity index (χ1v) is 5.35. The SMILES string of the molecule is C1CC2(CCN1)CCSC2.Cl. The lowest BCUT2D eigenvalue weighted by Gasteiger charge is -2.32. The van der Waals surface area contributed by atoms with Crippen LogP contribution in [0, 0.1) is 5.41 Å². The molecule has 0 amide bonds. The zero-order valence-electron chi connectivity index (χ0n) is 6.77. The fraction of sp³-hybridized carbons (Fsp3) is 1.00. The number of piperidine rings is 1. The van der Waals surface area contributed by atoms with E-state index < -0.39 is 0 Å². The molecule has 0 unspecified atom stereocenters. The Morgan fingerprint density at radius 3 is 2.36 bits per heavy atom. The van der Waals surface area contributed by atoms with Gasteiger partial charge in [0.15, 0.2) is 0 Å². The quantitative estimate of drug-likeness (QED) is 0.631. The number of hydrogen-bond acceptors (Lipinski definition) is 2. The van der Waals surface area contributed by atoms with Crippen LogP contribution in [-0.2, 0) is 0 Å². The molecule has 1 N–H and O–H groups in total. The van der Waals surface area contributed by atoms with E-state index in [-0.39, 0.29) is 12.4 Å². The maximum absolute atomic E-state index is 3.43. The van der Waals surface area contributed by atoms with Gasteiger partial charge in [0.05, 0.1) is 0 Å². The van der Waals surface area contributed by atoms with Crippen molar-refractivity contribution in [2.24, 2.45) is 5.41 Å². The topological polar surface area (TPSA) is 12.0 Å². The Bertz CT molecular complexity index is 115. The lowest BCUT2D eigenvalue weighted by molar-refractivity contribution is 0.239. The van der Waals surface area contributed by atoms with Gasteiger partial charge in [-0.3, -0.25) is 0 Å². The molecule has 0 aliphatic carbocycles. The van der Waals surface area contributed by atoms with E-state index in [0.717, 1.165) is 5.41 Å². The average Bonchev–Trinajstić information content (AvgIpc) is 2.39. The van der Waals surface area contributed by atoms with Crippen LogP contribution in [0.4, 0.5) is 0 Å². The highest BCUT2D eigenvalue weighted by Crippen LogP contribution is 2.42. The van der Waals surface area contributed by atoms with Crippen LogP contribution in [0.3, 0.4) is 0 Å². The minimum absolute atomic E-state index is 0. The van der Waals surface area contributed by atoms with Crippen molar-refractivity contribution in [3.8, 4) is 0 Å². The van der Waals surface area contributed by atoms with Crippen molar-refractivity contribution in [3.05, 3.63) is 0 Å². The molecule has 1 nitrogen and oxygen atoms in total. The van der Waals surface area contributed by atoms with Gasteiger partial charge in [0.1, 0.15) is 0 Å². The average molecular weight is 194 g/mol. The molecule has 3 heteroatoms. The minimum Gasteiger partial charge on any atom is -0.317 e. The van der Waals surface area contributed by atoms with Crippen molar-refractivity contribution >= 4 is 24.2 Å². The molecule has 2 aliphatic rings. The molecule has 1 spiro atoms. The maximum atomic E-state index is 3.43. The molecule has 2 aliphatic heterocycles. The molecule has 0 saturated carbocycles. The first-order chi connectivity index (χ1) is 4.91. The summed E-state index contributed by atoms with van der Waals surface area (Å²) in [7, 11) is 0. The largest absolute Gasteiger partial charge is 0.317 e. The van der Waals surface area contributed by atoms with Crippen molar-refractivity contribution in [1.82, 2.24) is 5.32 Å². The summed E-state index contributed by atoms with van der Waals surface area (Å²) in [5.41, 5.74) is 0.774. The molecule has 0 atom stereocenters. The van der Waals surface area contributed by atoms with Crippen LogP contribution in [0.15, 0.2) is 0 Å².